The van der Waals surface area contributed by atoms with Crippen molar-refractivity contribution >= 4 is 42.5 Å². The van der Waals surface area contributed by atoms with Gasteiger partial charge in [0.2, 0.25) is 0 Å². The number of imidazole rings is 1. The molecule has 0 spiro atoms. The molecule has 25 heavy (non-hydrogen) atoms. The molecule has 0 atom stereocenters. The van der Waals surface area contributed by atoms with Gasteiger partial charge in [-0.05, 0) is 43.2 Å². The standard InChI is InChI=1S/C21H17N3S/c1-12-4-6-14-18(10-12)25-20-15(7-5-13(2)19(14)20)21-23-16-8-9-22-11-17(16)24(21)3/h4-11H,1-3H3. The van der Waals surface area contributed by atoms with Crippen LogP contribution in [0.25, 0.3) is 42.6 Å². The third-order valence-corrected chi connectivity index (χ3v) is 6.09. The quantitative estimate of drug-likeness (QED) is 0.395. The van der Waals surface area contributed by atoms with E-state index in [0.717, 1.165) is 16.9 Å². The lowest BCUT2D eigenvalue weighted by Crippen LogP contribution is -1.93. The predicted octanol–water partition coefficient (Wildman–Crippen LogP) is 5.62. The molecule has 2 aromatic carbocycles. The van der Waals surface area contributed by atoms with Crippen LogP contribution in [0.1, 0.15) is 11.1 Å². The van der Waals surface area contributed by atoms with Gasteiger partial charge in [0.15, 0.2) is 0 Å². The molecule has 0 N–H and O–H groups in total. The first-order valence-corrected chi connectivity index (χ1v) is 9.14. The van der Waals surface area contributed by atoms with Gasteiger partial charge in [0.05, 0.1) is 17.2 Å². The molecule has 5 aromatic rings. The maximum absolute atomic E-state index is 4.88. The minimum absolute atomic E-state index is 0.984. The van der Waals surface area contributed by atoms with Gasteiger partial charge in [-0.2, -0.15) is 0 Å². The summed E-state index contributed by atoms with van der Waals surface area (Å²) in [5, 5.41) is 2.69. The predicted molar refractivity (Wildman–Crippen MR) is 106 cm³/mol. The molecule has 0 amide bonds. The van der Waals surface area contributed by atoms with E-state index in [9.17, 15) is 0 Å². The Morgan fingerprint density at radius 1 is 1.04 bits per heavy atom. The van der Waals surface area contributed by atoms with Gasteiger partial charge < -0.3 is 4.57 Å². The molecule has 0 aliphatic rings. The smallest absolute Gasteiger partial charge is 0.142 e. The highest BCUT2D eigenvalue weighted by Crippen LogP contribution is 2.41. The average molecular weight is 343 g/mol. The van der Waals surface area contributed by atoms with E-state index in [0.29, 0.717) is 0 Å². The van der Waals surface area contributed by atoms with Gasteiger partial charge in [-0.1, -0.05) is 18.2 Å². The zero-order chi connectivity index (χ0) is 17.1. The van der Waals surface area contributed by atoms with Crippen LogP contribution >= 0.6 is 11.3 Å². The van der Waals surface area contributed by atoms with Crippen LogP contribution in [-0.4, -0.2) is 14.5 Å². The van der Waals surface area contributed by atoms with Crippen LogP contribution in [0, 0.1) is 13.8 Å². The van der Waals surface area contributed by atoms with Crippen LogP contribution in [0.5, 0.6) is 0 Å². The van der Waals surface area contributed by atoms with Crippen molar-refractivity contribution in [1.29, 1.82) is 0 Å². The summed E-state index contributed by atoms with van der Waals surface area (Å²) in [6.45, 7) is 4.34. The molecule has 0 saturated heterocycles. The summed E-state index contributed by atoms with van der Waals surface area (Å²) in [5.74, 6) is 0.997. The first kappa shape index (κ1) is 14.6. The van der Waals surface area contributed by atoms with Crippen molar-refractivity contribution in [2.75, 3.05) is 0 Å². The normalized spacial score (nSPS) is 11.8. The van der Waals surface area contributed by atoms with Crippen LogP contribution in [0.2, 0.25) is 0 Å². The van der Waals surface area contributed by atoms with E-state index in [4.69, 9.17) is 4.98 Å². The van der Waals surface area contributed by atoms with Crippen molar-refractivity contribution in [1.82, 2.24) is 14.5 Å². The molecule has 0 aliphatic heterocycles. The van der Waals surface area contributed by atoms with Crippen LogP contribution in [0.3, 0.4) is 0 Å². The Labute approximate surface area is 149 Å². The number of benzene rings is 2. The summed E-state index contributed by atoms with van der Waals surface area (Å²) >= 11 is 1.86. The Morgan fingerprint density at radius 2 is 1.92 bits per heavy atom. The van der Waals surface area contributed by atoms with Crippen LogP contribution in [0.4, 0.5) is 0 Å². The maximum Gasteiger partial charge on any atom is 0.142 e. The molecule has 0 saturated carbocycles. The summed E-state index contributed by atoms with van der Waals surface area (Å²) in [6.07, 6.45) is 3.68. The fraction of sp³-hybridized carbons (Fsp3) is 0.143. The largest absolute Gasteiger partial charge is 0.326 e. The lowest BCUT2D eigenvalue weighted by atomic mass is 10.0. The first-order valence-electron chi connectivity index (χ1n) is 8.33. The average Bonchev–Trinajstić information content (AvgIpc) is 3.14. The Kier molecular flexibility index (Phi) is 3.00. The number of pyridine rings is 1. The lowest BCUT2D eigenvalue weighted by molar-refractivity contribution is 0.958. The van der Waals surface area contributed by atoms with Gasteiger partial charge in [0, 0.05) is 39.0 Å². The molecular formula is C21H17N3S. The third-order valence-electron chi connectivity index (χ3n) is 4.91. The monoisotopic (exact) mass is 343 g/mol. The molecule has 4 heteroatoms. The molecule has 0 fully saturated rings. The van der Waals surface area contributed by atoms with Gasteiger partial charge >= 0.3 is 0 Å². The fourth-order valence-corrected chi connectivity index (χ4v) is 4.99. The van der Waals surface area contributed by atoms with E-state index in [2.05, 4.69) is 60.8 Å². The van der Waals surface area contributed by atoms with Crippen LogP contribution in [-0.2, 0) is 7.05 Å². The second-order valence-corrected chi connectivity index (χ2v) is 7.65. The van der Waals surface area contributed by atoms with E-state index in [1.807, 2.05) is 23.6 Å². The van der Waals surface area contributed by atoms with Crippen molar-refractivity contribution in [3.8, 4) is 11.4 Å². The fourth-order valence-electron chi connectivity index (χ4n) is 3.60. The third kappa shape index (κ3) is 2.04. The number of fused-ring (bicyclic) bond motifs is 4. The van der Waals surface area contributed by atoms with Gasteiger partial charge in [-0.3, -0.25) is 4.98 Å². The number of rotatable bonds is 1. The minimum atomic E-state index is 0.984. The molecule has 3 nitrogen and oxygen atoms in total. The number of aryl methyl sites for hydroxylation is 3. The Bertz CT molecular complexity index is 1280. The second-order valence-electron chi connectivity index (χ2n) is 6.59. The molecule has 122 valence electrons. The summed E-state index contributed by atoms with van der Waals surface area (Å²) in [4.78, 5) is 9.12. The van der Waals surface area contributed by atoms with E-state index in [1.165, 1.54) is 36.9 Å². The van der Waals surface area contributed by atoms with Gasteiger partial charge in [0.1, 0.15) is 5.82 Å². The molecule has 5 rings (SSSR count). The van der Waals surface area contributed by atoms with Crippen molar-refractivity contribution in [3.05, 3.63) is 59.9 Å². The van der Waals surface area contributed by atoms with Gasteiger partial charge in [-0.25, -0.2) is 4.98 Å². The highest BCUT2D eigenvalue weighted by molar-refractivity contribution is 7.26. The van der Waals surface area contributed by atoms with Crippen LogP contribution in [0.15, 0.2) is 48.8 Å². The van der Waals surface area contributed by atoms with Crippen molar-refractivity contribution in [3.63, 3.8) is 0 Å². The topological polar surface area (TPSA) is 30.7 Å². The Hall–Kier alpha value is -2.72. The van der Waals surface area contributed by atoms with Crippen molar-refractivity contribution in [2.24, 2.45) is 7.05 Å². The van der Waals surface area contributed by atoms with E-state index < -0.39 is 0 Å². The van der Waals surface area contributed by atoms with E-state index >= 15 is 0 Å². The minimum Gasteiger partial charge on any atom is -0.326 e. The number of hydrogen-bond donors (Lipinski definition) is 0. The highest BCUT2D eigenvalue weighted by atomic mass is 32.1. The zero-order valence-electron chi connectivity index (χ0n) is 14.4. The Balaban J connectivity index is 1.91. The second kappa shape index (κ2) is 5.14. The van der Waals surface area contributed by atoms with Crippen molar-refractivity contribution < 1.29 is 0 Å². The number of nitrogens with zero attached hydrogens (tertiary/aromatic N) is 3. The number of aromatic nitrogens is 3. The Morgan fingerprint density at radius 3 is 2.76 bits per heavy atom. The van der Waals surface area contributed by atoms with E-state index in [-0.39, 0.29) is 0 Å². The molecule has 3 heterocycles. The highest BCUT2D eigenvalue weighted by Gasteiger charge is 2.17. The molecule has 3 aromatic heterocycles. The maximum atomic E-state index is 4.88. The van der Waals surface area contributed by atoms with Crippen LogP contribution < -0.4 is 0 Å². The number of thiophene rings is 1. The number of hydrogen-bond acceptors (Lipinski definition) is 3. The van der Waals surface area contributed by atoms with Crippen molar-refractivity contribution in [2.45, 2.75) is 13.8 Å². The summed E-state index contributed by atoms with van der Waals surface area (Å²) in [5.41, 5.74) is 5.85. The summed E-state index contributed by atoms with van der Waals surface area (Å²) < 4.78 is 4.79. The zero-order valence-corrected chi connectivity index (χ0v) is 15.2. The first-order chi connectivity index (χ1) is 12.1. The molecular weight excluding hydrogens is 326 g/mol. The van der Waals surface area contributed by atoms with E-state index in [1.54, 1.807) is 6.20 Å². The molecule has 0 aliphatic carbocycles. The SMILES string of the molecule is Cc1ccc2c(c1)sc1c(-c3nc4ccncc4n3C)ccc(C)c12. The summed E-state index contributed by atoms with van der Waals surface area (Å²) in [6, 6.07) is 13.1. The molecule has 0 bridgehead atoms. The lowest BCUT2D eigenvalue weighted by Gasteiger charge is -2.06. The van der Waals surface area contributed by atoms with Gasteiger partial charge in [-0.15, -0.1) is 11.3 Å². The molecule has 0 unspecified atom stereocenters. The molecule has 0 radical (unpaired) electrons. The summed E-state index contributed by atoms with van der Waals surface area (Å²) in [7, 11) is 2.06. The van der Waals surface area contributed by atoms with Gasteiger partial charge in [0.25, 0.3) is 0 Å².